The molecule has 0 unspecified atom stereocenters. The minimum absolute atomic E-state index is 0.255. The molecule has 2 rings (SSSR count). The minimum Gasteiger partial charge on any atom is -0.340 e. The number of carbonyl (C=O) groups is 1. The first-order valence-electron chi connectivity index (χ1n) is 5.29. The third kappa shape index (κ3) is 2.79. The Morgan fingerprint density at radius 3 is 3.27 bits per heavy atom. The van der Waals surface area contributed by atoms with Crippen LogP contribution in [0.15, 0.2) is 17.5 Å². The molecule has 2 heterocycles. The molecule has 15 heavy (non-hydrogen) atoms. The fraction of sp³-hybridized carbons (Fsp3) is 0.545. The van der Waals surface area contributed by atoms with Gasteiger partial charge < -0.3 is 10.2 Å². The molecule has 1 fully saturated rings. The fourth-order valence-electron chi connectivity index (χ4n) is 1.83. The van der Waals surface area contributed by atoms with Crippen LogP contribution < -0.4 is 5.32 Å². The van der Waals surface area contributed by atoms with Crippen LogP contribution in [0.3, 0.4) is 0 Å². The van der Waals surface area contributed by atoms with Crippen LogP contribution in [0.25, 0.3) is 0 Å². The highest BCUT2D eigenvalue weighted by molar-refractivity contribution is 7.10. The zero-order valence-electron chi connectivity index (χ0n) is 8.90. The zero-order valence-corrected chi connectivity index (χ0v) is 9.72. The Hall–Kier alpha value is -0.870. The van der Waals surface area contributed by atoms with E-state index >= 15 is 0 Å². The molecule has 3 nitrogen and oxygen atoms in total. The van der Waals surface area contributed by atoms with Crippen molar-refractivity contribution in [2.24, 2.45) is 0 Å². The minimum atomic E-state index is 0.255. The summed E-state index contributed by atoms with van der Waals surface area (Å²) in [6.07, 6.45) is 0.560. The normalized spacial score (nSPS) is 21.7. The average Bonchev–Trinajstić information content (AvgIpc) is 2.70. The molecule has 1 atom stereocenters. The molecule has 0 bridgehead atoms. The van der Waals surface area contributed by atoms with Gasteiger partial charge in [-0.1, -0.05) is 6.07 Å². The molecular formula is C11H16N2OS. The van der Waals surface area contributed by atoms with Crippen molar-refractivity contribution in [3.05, 3.63) is 22.4 Å². The van der Waals surface area contributed by atoms with Crippen molar-refractivity contribution in [3.63, 3.8) is 0 Å². The molecule has 0 aromatic carbocycles. The van der Waals surface area contributed by atoms with Gasteiger partial charge in [-0.3, -0.25) is 4.79 Å². The van der Waals surface area contributed by atoms with Gasteiger partial charge >= 0.3 is 0 Å². The molecule has 1 N–H and O–H groups in total. The highest BCUT2D eigenvalue weighted by Gasteiger charge is 2.20. The van der Waals surface area contributed by atoms with Gasteiger partial charge in [0.05, 0.1) is 6.42 Å². The van der Waals surface area contributed by atoms with Crippen LogP contribution in [-0.4, -0.2) is 36.5 Å². The van der Waals surface area contributed by atoms with Crippen LogP contribution in [0.5, 0.6) is 0 Å². The maximum absolute atomic E-state index is 11.9. The third-order valence-corrected chi connectivity index (χ3v) is 3.50. The third-order valence-electron chi connectivity index (χ3n) is 2.63. The molecule has 0 spiro atoms. The number of rotatable bonds is 2. The lowest BCUT2D eigenvalue weighted by Crippen LogP contribution is -2.51. The van der Waals surface area contributed by atoms with Crippen molar-refractivity contribution >= 4 is 17.2 Å². The van der Waals surface area contributed by atoms with E-state index in [2.05, 4.69) is 12.2 Å². The molecule has 1 aromatic heterocycles. The van der Waals surface area contributed by atoms with E-state index < -0.39 is 0 Å². The van der Waals surface area contributed by atoms with Crippen LogP contribution in [0, 0.1) is 0 Å². The lowest BCUT2D eigenvalue weighted by molar-refractivity contribution is -0.131. The maximum Gasteiger partial charge on any atom is 0.227 e. The van der Waals surface area contributed by atoms with Crippen molar-refractivity contribution in [3.8, 4) is 0 Å². The van der Waals surface area contributed by atoms with Gasteiger partial charge in [-0.2, -0.15) is 0 Å². The average molecular weight is 224 g/mol. The summed E-state index contributed by atoms with van der Waals surface area (Å²) >= 11 is 1.65. The van der Waals surface area contributed by atoms with E-state index in [1.165, 1.54) is 0 Å². The topological polar surface area (TPSA) is 32.3 Å². The van der Waals surface area contributed by atoms with Crippen molar-refractivity contribution in [2.45, 2.75) is 19.4 Å². The summed E-state index contributed by atoms with van der Waals surface area (Å²) in [6, 6.07) is 4.44. The number of piperazine rings is 1. The smallest absolute Gasteiger partial charge is 0.227 e. The van der Waals surface area contributed by atoms with E-state index in [1.807, 2.05) is 22.4 Å². The first-order chi connectivity index (χ1) is 7.25. The van der Waals surface area contributed by atoms with Crippen LogP contribution in [-0.2, 0) is 11.2 Å². The summed E-state index contributed by atoms with van der Waals surface area (Å²) in [6.45, 7) is 4.71. The Morgan fingerprint density at radius 1 is 1.73 bits per heavy atom. The predicted octanol–water partition coefficient (Wildman–Crippen LogP) is 1.11. The van der Waals surface area contributed by atoms with Gasteiger partial charge in [0.15, 0.2) is 0 Å². The van der Waals surface area contributed by atoms with Crippen LogP contribution in [0.1, 0.15) is 11.8 Å². The molecule has 1 amide bonds. The van der Waals surface area contributed by atoms with Gasteiger partial charge in [0.2, 0.25) is 5.91 Å². The Morgan fingerprint density at radius 2 is 2.60 bits per heavy atom. The number of hydrogen-bond acceptors (Lipinski definition) is 3. The number of nitrogens with zero attached hydrogens (tertiary/aromatic N) is 1. The highest BCUT2D eigenvalue weighted by Crippen LogP contribution is 2.11. The van der Waals surface area contributed by atoms with Crippen LogP contribution in [0.4, 0.5) is 0 Å². The SMILES string of the molecule is C[C@@H]1CN(C(=O)Cc2cccs2)CCN1. The number of hydrogen-bond donors (Lipinski definition) is 1. The largest absolute Gasteiger partial charge is 0.340 e. The quantitative estimate of drug-likeness (QED) is 0.816. The molecule has 1 aliphatic rings. The summed E-state index contributed by atoms with van der Waals surface area (Å²) in [5, 5.41) is 5.35. The number of amides is 1. The Balaban J connectivity index is 1.90. The van der Waals surface area contributed by atoms with Gasteiger partial charge in [0.25, 0.3) is 0 Å². The summed E-state index contributed by atoms with van der Waals surface area (Å²) in [5.74, 6) is 0.255. The van der Waals surface area contributed by atoms with E-state index in [0.29, 0.717) is 12.5 Å². The molecule has 0 radical (unpaired) electrons. The summed E-state index contributed by atoms with van der Waals surface area (Å²) in [5.41, 5.74) is 0. The van der Waals surface area contributed by atoms with Crippen molar-refractivity contribution in [1.82, 2.24) is 10.2 Å². The molecule has 82 valence electrons. The molecule has 1 aliphatic heterocycles. The van der Waals surface area contributed by atoms with E-state index in [0.717, 1.165) is 24.5 Å². The highest BCUT2D eigenvalue weighted by atomic mass is 32.1. The van der Waals surface area contributed by atoms with Crippen molar-refractivity contribution < 1.29 is 4.79 Å². The van der Waals surface area contributed by atoms with Gasteiger partial charge in [-0.15, -0.1) is 11.3 Å². The van der Waals surface area contributed by atoms with E-state index in [9.17, 15) is 4.79 Å². The molecule has 4 heteroatoms. The van der Waals surface area contributed by atoms with Gasteiger partial charge in [-0.25, -0.2) is 0 Å². The monoisotopic (exact) mass is 224 g/mol. The molecule has 1 saturated heterocycles. The number of thiophene rings is 1. The van der Waals surface area contributed by atoms with Crippen molar-refractivity contribution in [2.75, 3.05) is 19.6 Å². The van der Waals surface area contributed by atoms with Gasteiger partial charge in [-0.05, 0) is 18.4 Å². The Bertz CT molecular complexity index is 323. The van der Waals surface area contributed by atoms with Crippen LogP contribution in [0.2, 0.25) is 0 Å². The molecule has 0 saturated carbocycles. The standard InChI is InChI=1S/C11H16N2OS/c1-9-8-13(5-4-12-9)11(14)7-10-3-2-6-15-10/h2-3,6,9,12H,4-5,7-8H2,1H3/t9-/m1/s1. The summed E-state index contributed by atoms with van der Waals surface area (Å²) in [4.78, 5) is 15.0. The second-order valence-corrected chi connectivity index (χ2v) is 4.98. The fourth-order valence-corrected chi connectivity index (χ4v) is 2.53. The zero-order chi connectivity index (χ0) is 10.7. The van der Waals surface area contributed by atoms with Gasteiger partial charge in [0.1, 0.15) is 0 Å². The lowest BCUT2D eigenvalue weighted by atomic mass is 10.2. The van der Waals surface area contributed by atoms with E-state index in [-0.39, 0.29) is 5.91 Å². The van der Waals surface area contributed by atoms with E-state index in [4.69, 9.17) is 0 Å². The summed E-state index contributed by atoms with van der Waals surface area (Å²) in [7, 11) is 0. The molecule has 1 aromatic rings. The van der Waals surface area contributed by atoms with Crippen molar-refractivity contribution in [1.29, 1.82) is 0 Å². The predicted molar refractivity (Wildman–Crippen MR) is 62.1 cm³/mol. The Labute approximate surface area is 94.1 Å². The first kappa shape index (κ1) is 10.6. The van der Waals surface area contributed by atoms with E-state index in [1.54, 1.807) is 11.3 Å². The number of carbonyl (C=O) groups excluding carboxylic acids is 1. The Kier molecular flexibility index (Phi) is 3.38. The van der Waals surface area contributed by atoms with Crippen LogP contribution >= 0.6 is 11.3 Å². The maximum atomic E-state index is 11.9. The van der Waals surface area contributed by atoms with Gasteiger partial charge in [0, 0.05) is 30.6 Å². The number of nitrogens with one attached hydrogen (secondary N) is 1. The second kappa shape index (κ2) is 4.77. The first-order valence-corrected chi connectivity index (χ1v) is 6.17. The molecular weight excluding hydrogens is 208 g/mol. The summed E-state index contributed by atoms with van der Waals surface area (Å²) < 4.78 is 0. The lowest BCUT2D eigenvalue weighted by Gasteiger charge is -2.31. The molecule has 0 aliphatic carbocycles. The second-order valence-electron chi connectivity index (χ2n) is 3.95.